The highest BCUT2D eigenvalue weighted by atomic mass is 32.2. The second kappa shape index (κ2) is 9.09. The van der Waals surface area contributed by atoms with Crippen molar-refractivity contribution in [1.82, 2.24) is 24.9 Å². The van der Waals surface area contributed by atoms with Gasteiger partial charge in [0.15, 0.2) is 5.03 Å². The van der Waals surface area contributed by atoms with Crippen LogP contribution in [0.2, 0.25) is 0 Å². The molecule has 0 aliphatic rings. The summed E-state index contributed by atoms with van der Waals surface area (Å²) in [6.45, 7) is 0.972. The van der Waals surface area contributed by atoms with Crippen LogP contribution in [0.1, 0.15) is 17.3 Å². The van der Waals surface area contributed by atoms with Gasteiger partial charge in [0.05, 0.1) is 39.6 Å². The van der Waals surface area contributed by atoms with Crippen LogP contribution in [0.4, 0.5) is 5.95 Å². The first kappa shape index (κ1) is 21.0. The maximum atomic E-state index is 12.3. The van der Waals surface area contributed by atoms with Crippen molar-refractivity contribution in [2.45, 2.75) is 11.9 Å². The van der Waals surface area contributed by atoms with E-state index in [1.807, 2.05) is 4.72 Å². The third kappa shape index (κ3) is 5.14. The Morgan fingerprint density at radius 1 is 1.18 bits per heavy atom. The van der Waals surface area contributed by atoms with Gasteiger partial charge in [0, 0.05) is 0 Å². The summed E-state index contributed by atoms with van der Waals surface area (Å²) in [7, 11) is -1.51. The topological polar surface area (TPSA) is 174 Å². The Hall–Kier alpha value is -3.26. The second-order valence-corrected chi connectivity index (χ2v) is 6.69. The normalized spacial score (nSPS) is 11.0. The van der Waals surface area contributed by atoms with Crippen LogP contribution >= 0.6 is 0 Å². The van der Waals surface area contributed by atoms with Crippen LogP contribution in [0.5, 0.6) is 11.8 Å². The van der Waals surface area contributed by atoms with Crippen LogP contribution < -0.4 is 19.5 Å². The Balaban J connectivity index is 2.06. The lowest BCUT2D eigenvalue weighted by Crippen LogP contribution is -2.34. The van der Waals surface area contributed by atoms with Gasteiger partial charge in [-0.3, -0.25) is 15.2 Å². The van der Waals surface area contributed by atoms with Crippen LogP contribution in [0.3, 0.4) is 0 Å². The quantitative estimate of drug-likeness (QED) is 0.445. The number of amides is 1. The smallest absolute Gasteiger partial charge is 0.342 e. The van der Waals surface area contributed by atoms with Gasteiger partial charge < -0.3 is 14.2 Å². The lowest BCUT2D eigenvalue weighted by Gasteiger charge is -2.09. The van der Waals surface area contributed by atoms with E-state index in [2.05, 4.69) is 25.5 Å². The molecule has 28 heavy (non-hydrogen) atoms. The van der Waals surface area contributed by atoms with Crippen LogP contribution in [-0.2, 0) is 19.6 Å². The van der Waals surface area contributed by atoms with Gasteiger partial charge in [-0.25, -0.2) is 17.9 Å². The van der Waals surface area contributed by atoms with Gasteiger partial charge in [-0.2, -0.15) is 15.1 Å². The van der Waals surface area contributed by atoms with Gasteiger partial charge in [0.1, 0.15) is 5.56 Å². The van der Waals surface area contributed by atoms with Crippen LogP contribution in [0.25, 0.3) is 0 Å². The van der Waals surface area contributed by atoms with Gasteiger partial charge in [-0.1, -0.05) is 0 Å². The summed E-state index contributed by atoms with van der Waals surface area (Å²) < 4.78 is 41.4. The number of nitrogens with one attached hydrogen (secondary N) is 3. The van der Waals surface area contributed by atoms with E-state index in [9.17, 15) is 18.0 Å². The average Bonchev–Trinajstić information content (AvgIpc) is 3.17. The Kier molecular flexibility index (Phi) is 6.84. The zero-order chi connectivity index (χ0) is 20.7. The first-order valence-corrected chi connectivity index (χ1v) is 9.26. The van der Waals surface area contributed by atoms with Crippen molar-refractivity contribution in [2.24, 2.45) is 0 Å². The molecule has 0 fully saturated rings. The number of carbonyl (C=O) groups is 2. The number of hydrogen-bond acceptors (Lipinski definition) is 10. The van der Waals surface area contributed by atoms with Crippen LogP contribution in [0, 0.1) is 0 Å². The van der Waals surface area contributed by atoms with Crippen molar-refractivity contribution in [3.05, 3.63) is 17.8 Å². The SMILES string of the molecule is CCOC(=O)c1cn[nH]c1S(=O)(=O)NCC(=O)Nc1nc(OC)cc(OC)n1. The zero-order valence-corrected chi connectivity index (χ0v) is 16.0. The van der Waals surface area contributed by atoms with E-state index < -0.39 is 33.5 Å². The highest BCUT2D eigenvalue weighted by molar-refractivity contribution is 7.89. The minimum absolute atomic E-state index is 0.0589. The highest BCUT2D eigenvalue weighted by Gasteiger charge is 2.26. The lowest BCUT2D eigenvalue weighted by atomic mass is 10.4. The Bertz CT molecular complexity index is 937. The second-order valence-electron chi connectivity index (χ2n) is 4.98. The molecule has 0 spiro atoms. The van der Waals surface area contributed by atoms with Crippen LogP contribution in [0.15, 0.2) is 17.3 Å². The fraction of sp³-hybridized carbons (Fsp3) is 0.357. The van der Waals surface area contributed by atoms with E-state index in [4.69, 9.17) is 14.2 Å². The third-order valence-corrected chi connectivity index (χ3v) is 4.51. The molecule has 2 rings (SSSR count). The molecule has 152 valence electrons. The lowest BCUT2D eigenvalue weighted by molar-refractivity contribution is -0.115. The molecule has 0 atom stereocenters. The average molecular weight is 414 g/mol. The zero-order valence-electron chi connectivity index (χ0n) is 15.2. The van der Waals surface area contributed by atoms with Crippen molar-refractivity contribution in [2.75, 3.05) is 32.7 Å². The minimum atomic E-state index is -4.24. The fourth-order valence-electron chi connectivity index (χ4n) is 1.90. The number of aromatic amines is 1. The van der Waals surface area contributed by atoms with Gasteiger partial charge in [-0.15, -0.1) is 0 Å². The molecular weight excluding hydrogens is 396 g/mol. The Morgan fingerprint density at radius 3 is 2.39 bits per heavy atom. The molecule has 3 N–H and O–H groups in total. The molecule has 0 aromatic carbocycles. The van der Waals surface area contributed by atoms with E-state index in [1.165, 1.54) is 20.3 Å². The summed E-state index contributed by atoms with van der Waals surface area (Å²) in [5.41, 5.74) is -0.282. The number of ether oxygens (including phenoxy) is 3. The molecule has 0 aliphatic carbocycles. The Labute approximate surface area is 159 Å². The Morgan fingerprint density at radius 2 is 1.82 bits per heavy atom. The van der Waals surface area contributed by atoms with E-state index in [0.29, 0.717) is 0 Å². The number of hydrogen-bond donors (Lipinski definition) is 3. The minimum Gasteiger partial charge on any atom is -0.481 e. The van der Waals surface area contributed by atoms with Gasteiger partial charge in [0.25, 0.3) is 10.0 Å². The summed E-state index contributed by atoms with van der Waals surface area (Å²) >= 11 is 0. The van der Waals surface area contributed by atoms with Gasteiger partial charge >= 0.3 is 5.97 Å². The van der Waals surface area contributed by atoms with Gasteiger partial charge in [-0.05, 0) is 6.92 Å². The molecule has 0 radical (unpaired) electrons. The van der Waals surface area contributed by atoms with E-state index in [1.54, 1.807) is 6.92 Å². The summed E-state index contributed by atoms with van der Waals surface area (Å²) in [6.07, 6.45) is 1.02. The predicted octanol–water partition coefficient (Wildman–Crippen LogP) is -0.689. The number of rotatable bonds is 9. The molecule has 13 nitrogen and oxygen atoms in total. The summed E-state index contributed by atoms with van der Waals surface area (Å²) in [4.78, 5) is 31.6. The van der Waals surface area contributed by atoms with Crippen molar-refractivity contribution in [1.29, 1.82) is 0 Å². The van der Waals surface area contributed by atoms with E-state index in [-0.39, 0.29) is 29.9 Å². The highest BCUT2D eigenvalue weighted by Crippen LogP contribution is 2.17. The number of esters is 1. The maximum absolute atomic E-state index is 12.3. The monoisotopic (exact) mass is 414 g/mol. The standard InChI is InChI=1S/C14H18N6O7S/c1-4-27-13(22)8-6-15-20-12(8)28(23,24)16-7-9(21)17-14-18-10(25-2)5-11(19-14)26-3/h5-6,16H,4,7H2,1-3H3,(H,15,20)(H,17,18,19,21). The molecule has 0 bridgehead atoms. The maximum Gasteiger partial charge on any atom is 0.342 e. The molecular formula is C14H18N6O7S. The first-order chi connectivity index (χ1) is 13.3. The summed E-state index contributed by atoms with van der Waals surface area (Å²) in [6, 6.07) is 1.40. The number of H-pyrrole nitrogens is 1. The molecule has 0 aliphatic heterocycles. The number of carbonyl (C=O) groups excluding carboxylic acids is 2. The van der Waals surface area contributed by atoms with Crippen molar-refractivity contribution >= 4 is 27.8 Å². The van der Waals surface area contributed by atoms with Crippen molar-refractivity contribution in [3.63, 3.8) is 0 Å². The van der Waals surface area contributed by atoms with Crippen molar-refractivity contribution < 1.29 is 32.2 Å². The number of nitrogens with zero attached hydrogens (tertiary/aromatic N) is 3. The third-order valence-electron chi connectivity index (χ3n) is 3.14. The first-order valence-electron chi connectivity index (χ1n) is 7.77. The van der Waals surface area contributed by atoms with Crippen LogP contribution in [-0.4, -0.2) is 67.8 Å². The number of methoxy groups -OCH3 is 2. The van der Waals surface area contributed by atoms with E-state index >= 15 is 0 Å². The molecule has 14 heteroatoms. The molecule has 1 amide bonds. The molecule has 2 heterocycles. The molecule has 0 saturated heterocycles. The summed E-state index contributed by atoms with van der Waals surface area (Å²) in [5.74, 6) is -1.50. The number of sulfonamides is 1. The predicted molar refractivity (Wildman–Crippen MR) is 93.5 cm³/mol. The van der Waals surface area contributed by atoms with Crippen molar-refractivity contribution in [3.8, 4) is 11.8 Å². The van der Waals surface area contributed by atoms with E-state index in [0.717, 1.165) is 6.20 Å². The number of aromatic nitrogens is 4. The molecule has 2 aromatic heterocycles. The number of anilines is 1. The molecule has 0 saturated carbocycles. The van der Waals surface area contributed by atoms with Gasteiger partial charge in [0.2, 0.25) is 23.6 Å². The molecule has 0 unspecified atom stereocenters. The largest absolute Gasteiger partial charge is 0.481 e. The fourth-order valence-corrected chi connectivity index (χ4v) is 2.97. The summed E-state index contributed by atoms with van der Waals surface area (Å²) in [5, 5.41) is 7.52. The molecule has 2 aromatic rings.